The quantitative estimate of drug-likeness (QED) is 0.294. The van der Waals surface area contributed by atoms with Crippen molar-refractivity contribution in [3.63, 3.8) is 0 Å². The number of carbonyl (C=O) groups excluding carboxylic acids is 2. The fourth-order valence-corrected chi connectivity index (χ4v) is 11.8. The highest BCUT2D eigenvalue weighted by Gasteiger charge is 2.93. The summed E-state index contributed by atoms with van der Waals surface area (Å²) in [6.45, 7) is 1.99. The lowest BCUT2D eigenvalue weighted by molar-refractivity contribution is -0.314. The number of fused-ring (bicyclic) bond motifs is 2. The standard InChI is InChI=1S/C32H44N2O9/c1-6-34-27-31-18-13-17-20(39-2)14-30(37,22(18)23(17)41-4)32(27,38)25(42-5)24(31)29(28(34)36,12-11-21(31)40-3)15-43-26(35)16-9-7-8-10-19(16)33/h7-10,17-18,20-25,27,37-38H,6,11-15,33H2,1-5H3/t17-,18-,20+,21+,22-,23+,24-,25+,27?,29+,30-,31+,32+/m1/s1. The highest BCUT2D eigenvalue weighted by atomic mass is 16.5. The Hall–Kier alpha value is -2.28. The van der Waals surface area contributed by atoms with Gasteiger partial charge in [-0.05, 0) is 44.2 Å². The van der Waals surface area contributed by atoms with Gasteiger partial charge in [-0.3, -0.25) is 4.79 Å². The second-order valence-electron chi connectivity index (χ2n) is 13.7. The summed E-state index contributed by atoms with van der Waals surface area (Å²) < 4.78 is 30.7. The molecule has 1 aromatic carbocycles. The van der Waals surface area contributed by atoms with Gasteiger partial charge in [0, 0.05) is 70.3 Å². The van der Waals surface area contributed by atoms with Crippen LogP contribution in [0.3, 0.4) is 0 Å². The van der Waals surface area contributed by atoms with Crippen LogP contribution in [0.2, 0.25) is 0 Å². The van der Waals surface area contributed by atoms with E-state index in [9.17, 15) is 19.8 Å². The van der Waals surface area contributed by atoms with Crippen LogP contribution in [-0.4, -0.2) is 110 Å². The number of aliphatic hydroxyl groups is 2. The van der Waals surface area contributed by atoms with Crippen molar-refractivity contribution in [2.75, 3.05) is 47.3 Å². The predicted molar refractivity (Wildman–Crippen MR) is 153 cm³/mol. The van der Waals surface area contributed by atoms with Crippen LogP contribution in [-0.2, 0) is 28.5 Å². The maximum Gasteiger partial charge on any atom is 0.340 e. The van der Waals surface area contributed by atoms with Gasteiger partial charge in [0.15, 0.2) is 0 Å². The van der Waals surface area contributed by atoms with Crippen molar-refractivity contribution < 1.29 is 43.5 Å². The van der Waals surface area contributed by atoms with Gasteiger partial charge in [-0.2, -0.15) is 0 Å². The molecule has 4 N–H and O–H groups in total. The molecule has 236 valence electrons. The third-order valence-corrected chi connectivity index (χ3v) is 12.9. The third kappa shape index (κ3) is 3.11. The number of piperidine rings is 1. The number of ether oxygens (including phenoxy) is 5. The van der Waals surface area contributed by atoms with Gasteiger partial charge in [0.05, 0.1) is 41.4 Å². The number of carbonyl (C=O) groups is 2. The van der Waals surface area contributed by atoms with Crippen LogP contribution in [0, 0.1) is 34.5 Å². The zero-order chi connectivity index (χ0) is 30.7. The van der Waals surface area contributed by atoms with Crippen LogP contribution in [0.15, 0.2) is 24.3 Å². The van der Waals surface area contributed by atoms with Crippen molar-refractivity contribution in [1.29, 1.82) is 0 Å². The lowest BCUT2D eigenvalue weighted by atomic mass is 9.42. The minimum absolute atomic E-state index is 0.00261. The smallest absolute Gasteiger partial charge is 0.340 e. The Morgan fingerprint density at radius 1 is 1.09 bits per heavy atom. The number of amides is 1. The van der Waals surface area contributed by atoms with Crippen LogP contribution in [0.5, 0.6) is 0 Å². The third-order valence-electron chi connectivity index (χ3n) is 12.9. The van der Waals surface area contributed by atoms with E-state index < -0.39 is 52.0 Å². The molecule has 7 rings (SSSR count). The summed E-state index contributed by atoms with van der Waals surface area (Å²) in [7, 11) is 6.51. The molecular weight excluding hydrogens is 556 g/mol. The van der Waals surface area contributed by atoms with Crippen molar-refractivity contribution in [2.45, 2.75) is 74.3 Å². The highest BCUT2D eigenvalue weighted by Crippen LogP contribution is 2.80. The fraction of sp³-hybridized carbons (Fsp3) is 0.750. The van der Waals surface area contributed by atoms with Crippen molar-refractivity contribution in [3.05, 3.63) is 29.8 Å². The molecule has 0 radical (unpaired) electrons. The Morgan fingerprint density at radius 2 is 1.84 bits per heavy atom. The number of nitrogen functional groups attached to an aromatic ring is 1. The van der Waals surface area contributed by atoms with Crippen molar-refractivity contribution in [1.82, 2.24) is 4.90 Å². The average molecular weight is 601 g/mol. The van der Waals surface area contributed by atoms with Crippen LogP contribution in [0.25, 0.3) is 0 Å². The summed E-state index contributed by atoms with van der Waals surface area (Å²) in [5, 5.41) is 26.3. The molecule has 1 spiro atoms. The zero-order valence-electron chi connectivity index (χ0n) is 25.5. The number of para-hydroxylation sites is 1. The Kier molecular flexibility index (Phi) is 6.58. The first-order valence-corrected chi connectivity index (χ1v) is 15.5. The molecule has 43 heavy (non-hydrogen) atoms. The van der Waals surface area contributed by atoms with E-state index in [0.29, 0.717) is 31.5 Å². The maximum absolute atomic E-state index is 14.8. The molecule has 6 fully saturated rings. The summed E-state index contributed by atoms with van der Waals surface area (Å²) in [6.07, 6.45) is -0.188. The second kappa shape index (κ2) is 9.61. The molecule has 7 bridgehead atoms. The average Bonchev–Trinajstić information content (AvgIpc) is 3.43. The van der Waals surface area contributed by atoms with E-state index in [-0.39, 0.29) is 54.6 Å². The number of rotatable bonds is 8. The molecule has 5 saturated carbocycles. The Bertz CT molecular complexity index is 1330. The number of nitrogens with zero attached hydrogens (tertiary/aromatic N) is 1. The molecule has 5 aliphatic carbocycles. The van der Waals surface area contributed by atoms with E-state index >= 15 is 0 Å². The van der Waals surface area contributed by atoms with Gasteiger partial charge in [-0.1, -0.05) is 12.1 Å². The highest BCUT2D eigenvalue weighted by molar-refractivity contribution is 5.95. The first-order chi connectivity index (χ1) is 20.6. The van der Waals surface area contributed by atoms with Crippen molar-refractivity contribution in [3.8, 4) is 0 Å². The molecule has 0 aromatic heterocycles. The van der Waals surface area contributed by atoms with Crippen LogP contribution in [0.1, 0.15) is 43.0 Å². The predicted octanol–water partition coefficient (Wildman–Crippen LogP) is 1.24. The number of hydrogen-bond donors (Lipinski definition) is 3. The number of anilines is 1. The van der Waals surface area contributed by atoms with Gasteiger partial charge < -0.3 is 44.5 Å². The van der Waals surface area contributed by atoms with E-state index in [1.807, 2.05) is 6.92 Å². The van der Waals surface area contributed by atoms with E-state index in [1.54, 1.807) is 50.5 Å². The molecule has 1 aliphatic heterocycles. The summed E-state index contributed by atoms with van der Waals surface area (Å²) in [5.41, 5.74) is 1.08. The molecule has 6 aliphatic rings. The van der Waals surface area contributed by atoms with Gasteiger partial charge in [-0.15, -0.1) is 0 Å². The summed E-state index contributed by atoms with van der Waals surface area (Å²) >= 11 is 0. The number of nitrogens with two attached hydrogens (primary N) is 1. The zero-order valence-corrected chi connectivity index (χ0v) is 25.5. The molecular formula is C32H44N2O9. The number of methoxy groups -OCH3 is 4. The van der Waals surface area contributed by atoms with Gasteiger partial charge in [0.25, 0.3) is 0 Å². The normalized spacial score (nSPS) is 48.9. The van der Waals surface area contributed by atoms with Crippen molar-refractivity contribution in [2.24, 2.45) is 34.5 Å². The summed E-state index contributed by atoms with van der Waals surface area (Å²) in [6, 6.07) is 5.92. The molecule has 1 heterocycles. The van der Waals surface area contributed by atoms with Crippen molar-refractivity contribution >= 4 is 17.6 Å². The van der Waals surface area contributed by atoms with E-state index in [0.717, 1.165) is 0 Å². The molecule has 11 nitrogen and oxygen atoms in total. The molecule has 1 aromatic rings. The van der Waals surface area contributed by atoms with Gasteiger partial charge in [-0.25, -0.2) is 4.79 Å². The monoisotopic (exact) mass is 600 g/mol. The van der Waals surface area contributed by atoms with Crippen LogP contribution in [0.4, 0.5) is 5.69 Å². The number of benzene rings is 1. The maximum atomic E-state index is 14.8. The lowest BCUT2D eigenvalue weighted by Gasteiger charge is -2.69. The van der Waals surface area contributed by atoms with Crippen LogP contribution >= 0.6 is 0 Å². The first kappa shape index (κ1) is 29.4. The topological polar surface area (TPSA) is 150 Å². The SMILES string of the molecule is CCN1C(=O)[C@]2(COC(=O)c3ccccc3N)CC[C@H](OC)[C@]34C1[C@@](O)([C@@H](OC)[C@H]23)[C@@]1(O)C[C@H](OC)[C@H]2C[C@@H]4[C@@H]1[C@H]2OC. The Labute approximate surface area is 251 Å². The molecule has 1 saturated heterocycles. The fourth-order valence-electron chi connectivity index (χ4n) is 11.8. The van der Waals surface area contributed by atoms with Gasteiger partial charge >= 0.3 is 5.97 Å². The Balaban J connectivity index is 1.44. The lowest BCUT2D eigenvalue weighted by Crippen LogP contribution is -2.82. The second-order valence-corrected chi connectivity index (χ2v) is 13.7. The summed E-state index contributed by atoms with van der Waals surface area (Å²) in [5.74, 6) is -1.99. The van der Waals surface area contributed by atoms with E-state index in [1.165, 1.54) is 7.11 Å². The largest absolute Gasteiger partial charge is 0.461 e. The molecule has 1 unspecified atom stereocenters. The number of esters is 1. The minimum atomic E-state index is -1.86. The summed E-state index contributed by atoms with van der Waals surface area (Å²) in [4.78, 5) is 29.9. The Morgan fingerprint density at radius 3 is 2.47 bits per heavy atom. The minimum Gasteiger partial charge on any atom is -0.461 e. The number of likely N-dealkylation sites (tertiary alicyclic amines) is 1. The van der Waals surface area contributed by atoms with E-state index in [4.69, 9.17) is 29.4 Å². The van der Waals surface area contributed by atoms with Gasteiger partial charge in [0.2, 0.25) is 5.91 Å². The molecule has 1 amide bonds. The first-order valence-electron chi connectivity index (χ1n) is 15.5. The molecule has 11 heteroatoms. The molecule has 13 atom stereocenters. The number of likely N-dealkylation sites (N-methyl/N-ethyl adjacent to an activating group) is 1. The number of hydrogen-bond acceptors (Lipinski definition) is 10. The van der Waals surface area contributed by atoms with E-state index in [2.05, 4.69) is 0 Å². The van der Waals surface area contributed by atoms with Gasteiger partial charge in [0.1, 0.15) is 17.8 Å². The van der Waals surface area contributed by atoms with Crippen LogP contribution < -0.4 is 5.73 Å².